The molecule has 19 heavy (non-hydrogen) atoms. The second-order valence-corrected chi connectivity index (χ2v) is 6.21. The number of amides is 1. The molecule has 0 aliphatic heterocycles. The van der Waals surface area contributed by atoms with Crippen molar-refractivity contribution in [3.05, 3.63) is 24.3 Å². The van der Waals surface area contributed by atoms with Crippen LogP contribution >= 0.6 is 0 Å². The standard InChI is InChI=1S/C12H18N2O4S/c1-8(2)13-12(16)9(3)14-19(17,18)11-6-4-10(15)5-7-11/h4-9,14-15H,1-3H3,(H,13,16). The Morgan fingerprint density at radius 1 is 1.16 bits per heavy atom. The van der Waals surface area contributed by atoms with Crippen LogP contribution < -0.4 is 10.0 Å². The van der Waals surface area contributed by atoms with Crippen molar-refractivity contribution in [3.8, 4) is 5.75 Å². The van der Waals surface area contributed by atoms with Crippen molar-refractivity contribution >= 4 is 15.9 Å². The molecule has 1 aromatic carbocycles. The van der Waals surface area contributed by atoms with E-state index in [-0.39, 0.29) is 16.7 Å². The lowest BCUT2D eigenvalue weighted by atomic mass is 10.3. The summed E-state index contributed by atoms with van der Waals surface area (Å²) in [5.74, 6) is -0.415. The average molecular weight is 286 g/mol. The third-order valence-corrected chi connectivity index (χ3v) is 3.86. The lowest BCUT2D eigenvalue weighted by Gasteiger charge is -2.16. The maximum Gasteiger partial charge on any atom is 0.241 e. The van der Waals surface area contributed by atoms with Crippen molar-refractivity contribution in [1.82, 2.24) is 10.0 Å². The molecule has 1 rings (SSSR count). The van der Waals surface area contributed by atoms with Gasteiger partial charge in [0.1, 0.15) is 5.75 Å². The number of benzene rings is 1. The van der Waals surface area contributed by atoms with E-state index in [9.17, 15) is 13.2 Å². The first-order valence-electron chi connectivity index (χ1n) is 5.84. The van der Waals surface area contributed by atoms with E-state index in [4.69, 9.17) is 5.11 Å². The number of carbonyl (C=O) groups excluding carboxylic acids is 1. The van der Waals surface area contributed by atoms with Crippen molar-refractivity contribution in [2.45, 2.75) is 37.8 Å². The number of phenols is 1. The molecule has 0 bridgehead atoms. The topological polar surface area (TPSA) is 95.5 Å². The van der Waals surface area contributed by atoms with Gasteiger partial charge in [-0.3, -0.25) is 4.79 Å². The summed E-state index contributed by atoms with van der Waals surface area (Å²) in [4.78, 5) is 11.6. The van der Waals surface area contributed by atoms with Crippen LogP contribution in [0.15, 0.2) is 29.2 Å². The summed E-state index contributed by atoms with van der Waals surface area (Å²) in [5.41, 5.74) is 0. The maximum absolute atomic E-state index is 12.0. The van der Waals surface area contributed by atoms with Crippen LogP contribution in [0.3, 0.4) is 0 Å². The molecular formula is C12H18N2O4S. The molecule has 0 fully saturated rings. The van der Waals surface area contributed by atoms with Crippen molar-refractivity contribution < 1.29 is 18.3 Å². The molecule has 0 aromatic heterocycles. The van der Waals surface area contributed by atoms with E-state index in [1.165, 1.54) is 31.2 Å². The summed E-state index contributed by atoms with van der Waals surface area (Å²) in [6, 6.07) is 4.14. The van der Waals surface area contributed by atoms with E-state index in [2.05, 4.69) is 10.0 Å². The molecule has 1 aromatic rings. The van der Waals surface area contributed by atoms with Crippen LogP contribution in [-0.2, 0) is 14.8 Å². The summed E-state index contributed by atoms with van der Waals surface area (Å²) in [5, 5.41) is 11.7. The summed E-state index contributed by atoms with van der Waals surface area (Å²) < 4.78 is 26.2. The van der Waals surface area contributed by atoms with Crippen molar-refractivity contribution in [1.29, 1.82) is 0 Å². The third-order valence-electron chi connectivity index (χ3n) is 2.30. The number of phenolic OH excluding ortho intramolecular Hbond substituents is 1. The molecule has 3 N–H and O–H groups in total. The van der Waals surface area contributed by atoms with E-state index in [0.29, 0.717) is 0 Å². The highest BCUT2D eigenvalue weighted by Gasteiger charge is 2.22. The SMILES string of the molecule is CC(C)NC(=O)C(C)NS(=O)(=O)c1ccc(O)cc1. The van der Waals surface area contributed by atoms with E-state index < -0.39 is 22.0 Å². The molecule has 1 unspecified atom stereocenters. The molecule has 0 saturated carbocycles. The second-order valence-electron chi connectivity index (χ2n) is 4.50. The Morgan fingerprint density at radius 3 is 2.16 bits per heavy atom. The normalized spacial score (nSPS) is 13.3. The number of carbonyl (C=O) groups is 1. The van der Waals surface area contributed by atoms with Crippen molar-refractivity contribution in [2.75, 3.05) is 0 Å². The Kier molecular flexibility index (Phi) is 4.90. The van der Waals surface area contributed by atoms with Crippen LogP contribution in [0, 0.1) is 0 Å². The average Bonchev–Trinajstić information content (AvgIpc) is 2.27. The smallest absolute Gasteiger partial charge is 0.241 e. The predicted molar refractivity (Wildman–Crippen MR) is 71.2 cm³/mol. The summed E-state index contributed by atoms with van der Waals surface area (Å²) in [7, 11) is -3.78. The molecule has 1 amide bonds. The van der Waals surface area contributed by atoms with Gasteiger partial charge in [-0.25, -0.2) is 8.42 Å². The molecule has 0 aliphatic carbocycles. The lowest BCUT2D eigenvalue weighted by molar-refractivity contribution is -0.122. The minimum atomic E-state index is -3.78. The van der Waals surface area contributed by atoms with Crippen LogP contribution in [0.2, 0.25) is 0 Å². The van der Waals surface area contributed by atoms with Gasteiger partial charge in [0.05, 0.1) is 10.9 Å². The monoisotopic (exact) mass is 286 g/mol. The number of hydrogen-bond donors (Lipinski definition) is 3. The second kappa shape index (κ2) is 6.03. The predicted octanol–water partition coefficient (Wildman–Crippen LogP) is 0.584. The molecule has 7 heteroatoms. The van der Waals surface area contributed by atoms with Crippen LogP contribution in [0.25, 0.3) is 0 Å². The third kappa shape index (κ3) is 4.53. The minimum absolute atomic E-state index is 0.00510. The highest BCUT2D eigenvalue weighted by atomic mass is 32.2. The zero-order chi connectivity index (χ0) is 14.6. The molecule has 0 aliphatic rings. The summed E-state index contributed by atoms with van der Waals surface area (Å²) in [6.45, 7) is 5.05. The number of sulfonamides is 1. The molecular weight excluding hydrogens is 268 g/mol. The molecule has 0 saturated heterocycles. The van der Waals surface area contributed by atoms with Gasteiger partial charge in [-0.1, -0.05) is 0 Å². The van der Waals surface area contributed by atoms with Gasteiger partial charge < -0.3 is 10.4 Å². The summed E-state index contributed by atoms with van der Waals surface area (Å²) in [6.07, 6.45) is 0. The first kappa shape index (κ1) is 15.5. The number of aromatic hydroxyl groups is 1. The fraction of sp³-hybridized carbons (Fsp3) is 0.417. The van der Waals surface area contributed by atoms with Gasteiger partial charge in [0.15, 0.2) is 0 Å². The molecule has 106 valence electrons. The van der Waals surface area contributed by atoms with Gasteiger partial charge in [0.25, 0.3) is 0 Å². The zero-order valence-electron chi connectivity index (χ0n) is 11.0. The quantitative estimate of drug-likeness (QED) is 0.738. The van der Waals surface area contributed by atoms with Crippen LogP contribution in [0.4, 0.5) is 0 Å². The molecule has 1 atom stereocenters. The first-order valence-corrected chi connectivity index (χ1v) is 7.32. The van der Waals surface area contributed by atoms with Gasteiger partial charge in [-0.15, -0.1) is 0 Å². The lowest BCUT2D eigenvalue weighted by Crippen LogP contribution is -2.46. The Hall–Kier alpha value is -1.60. The van der Waals surface area contributed by atoms with Gasteiger partial charge in [0, 0.05) is 6.04 Å². The Balaban J connectivity index is 2.80. The van der Waals surface area contributed by atoms with Gasteiger partial charge in [-0.2, -0.15) is 4.72 Å². The van der Waals surface area contributed by atoms with Crippen LogP contribution in [0.1, 0.15) is 20.8 Å². The number of nitrogens with one attached hydrogen (secondary N) is 2. The Bertz CT molecular complexity index is 537. The molecule has 0 heterocycles. The highest BCUT2D eigenvalue weighted by Crippen LogP contribution is 2.14. The van der Waals surface area contributed by atoms with Crippen molar-refractivity contribution in [2.24, 2.45) is 0 Å². The van der Waals surface area contributed by atoms with Gasteiger partial charge in [0.2, 0.25) is 15.9 Å². The summed E-state index contributed by atoms with van der Waals surface area (Å²) >= 11 is 0. The van der Waals surface area contributed by atoms with E-state index in [1.807, 2.05) is 0 Å². The Labute approximate surface area is 112 Å². The largest absolute Gasteiger partial charge is 0.508 e. The first-order chi connectivity index (χ1) is 8.72. The van der Waals surface area contributed by atoms with E-state index in [0.717, 1.165) is 0 Å². The van der Waals surface area contributed by atoms with Gasteiger partial charge >= 0.3 is 0 Å². The van der Waals surface area contributed by atoms with Crippen LogP contribution in [0.5, 0.6) is 5.75 Å². The Morgan fingerprint density at radius 2 is 1.68 bits per heavy atom. The number of rotatable bonds is 5. The fourth-order valence-electron chi connectivity index (χ4n) is 1.39. The van der Waals surface area contributed by atoms with E-state index in [1.54, 1.807) is 13.8 Å². The maximum atomic E-state index is 12.0. The minimum Gasteiger partial charge on any atom is -0.508 e. The molecule has 6 nitrogen and oxygen atoms in total. The number of hydrogen-bond acceptors (Lipinski definition) is 4. The van der Waals surface area contributed by atoms with E-state index >= 15 is 0 Å². The molecule has 0 spiro atoms. The fourth-order valence-corrected chi connectivity index (χ4v) is 2.59. The van der Waals surface area contributed by atoms with Crippen LogP contribution in [-0.4, -0.2) is 31.5 Å². The molecule has 0 radical (unpaired) electrons. The highest BCUT2D eigenvalue weighted by molar-refractivity contribution is 7.89. The zero-order valence-corrected chi connectivity index (χ0v) is 11.9. The van der Waals surface area contributed by atoms with Crippen molar-refractivity contribution in [3.63, 3.8) is 0 Å². The van der Waals surface area contributed by atoms with Gasteiger partial charge in [-0.05, 0) is 45.0 Å².